The van der Waals surface area contributed by atoms with Gasteiger partial charge >= 0.3 is 0 Å². The van der Waals surface area contributed by atoms with E-state index in [4.69, 9.17) is 4.74 Å². The number of thiophene rings is 1. The molecule has 1 amide bonds. The molecule has 0 bridgehead atoms. The molecule has 1 fully saturated rings. The molecule has 0 aliphatic carbocycles. The van der Waals surface area contributed by atoms with E-state index in [2.05, 4.69) is 10.2 Å². The maximum absolute atomic E-state index is 13.0. The molecule has 26 heavy (non-hydrogen) atoms. The molecule has 1 aliphatic rings. The van der Waals surface area contributed by atoms with Gasteiger partial charge in [0.05, 0.1) is 23.2 Å². The lowest BCUT2D eigenvalue weighted by atomic mass is 10.2. The second kappa shape index (κ2) is 7.43. The van der Waals surface area contributed by atoms with Crippen molar-refractivity contribution in [2.75, 3.05) is 19.7 Å². The lowest BCUT2D eigenvalue weighted by molar-refractivity contribution is 0.0365. The standard InChI is InChI=1S/C18H21N5O2S/c1-21-16(17-5-2-10-26-17)11-15(20-21)18(24)22-7-4-9-25-14(12-22)13-23-8-3-6-19-23/h2-3,5-6,8,10-11,14H,4,7,9,12-13H2,1H3/t14-/m1/s1. The monoisotopic (exact) mass is 371 g/mol. The van der Waals surface area contributed by atoms with Crippen LogP contribution in [0, 0.1) is 0 Å². The van der Waals surface area contributed by atoms with Crippen LogP contribution in [0.2, 0.25) is 0 Å². The molecule has 0 radical (unpaired) electrons. The summed E-state index contributed by atoms with van der Waals surface area (Å²) in [5.74, 6) is -0.0422. The van der Waals surface area contributed by atoms with Crippen molar-refractivity contribution in [1.29, 1.82) is 0 Å². The van der Waals surface area contributed by atoms with Crippen LogP contribution in [0.1, 0.15) is 16.9 Å². The van der Waals surface area contributed by atoms with Crippen molar-refractivity contribution in [2.45, 2.75) is 19.1 Å². The van der Waals surface area contributed by atoms with E-state index in [0.717, 1.165) is 17.0 Å². The summed E-state index contributed by atoms with van der Waals surface area (Å²) in [6.07, 6.45) is 4.42. The highest BCUT2D eigenvalue weighted by Crippen LogP contribution is 2.25. The highest BCUT2D eigenvalue weighted by atomic mass is 32.1. The number of carbonyl (C=O) groups is 1. The van der Waals surface area contributed by atoms with Crippen molar-refractivity contribution in [1.82, 2.24) is 24.5 Å². The summed E-state index contributed by atoms with van der Waals surface area (Å²) in [5.41, 5.74) is 1.44. The number of carbonyl (C=O) groups excluding carboxylic acids is 1. The maximum Gasteiger partial charge on any atom is 0.274 e. The van der Waals surface area contributed by atoms with Crippen molar-refractivity contribution in [3.8, 4) is 10.6 Å². The maximum atomic E-state index is 13.0. The first-order valence-corrected chi connectivity index (χ1v) is 9.55. The highest BCUT2D eigenvalue weighted by Gasteiger charge is 2.26. The van der Waals surface area contributed by atoms with E-state index in [1.807, 2.05) is 52.5 Å². The third-order valence-electron chi connectivity index (χ3n) is 4.46. The molecule has 0 aromatic carbocycles. The third kappa shape index (κ3) is 3.56. The normalized spacial score (nSPS) is 18.0. The molecule has 0 saturated carbocycles. The minimum absolute atomic E-state index is 0.0422. The minimum atomic E-state index is -0.0678. The Morgan fingerprint density at radius 3 is 3.12 bits per heavy atom. The van der Waals surface area contributed by atoms with Crippen molar-refractivity contribution < 1.29 is 9.53 Å². The fourth-order valence-electron chi connectivity index (χ4n) is 3.20. The zero-order valence-electron chi connectivity index (χ0n) is 14.6. The molecule has 4 heterocycles. The van der Waals surface area contributed by atoms with Gasteiger partial charge in [-0.05, 0) is 30.0 Å². The van der Waals surface area contributed by atoms with Gasteiger partial charge in [0, 0.05) is 39.1 Å². The SMILES string of the molecule is Cn1nc(C(=O)N2CCCO[C@@H](Cn3cccn3)C2)cc1-c1cccs1. The van der Waals surface area contributed by atoms with Crippen LogP contribution >= 0.6 is 11.3 Å². The number of hydrogen-bond donors (Lipinski definition) is 0. The second-order valence-electron chi connectivity index (χ2n) is 6.34. The average Bonchev–Trinajstić information content (AvgIpc) is 3.36. The highest BCUT2D eigenvalue weighted by molar-refractivity contribution is 7.13. The molecule has 8 heteroatoms. The van der Waals surface area contributed by atoms with Crippen molar-refractivity contribution in [2.24, 2.45) is 7.05 Å². The van der Waals surface area contributed by atoms with Crippen molar-refractivity contribution >= 4 is 17.2 Å². The molecule has 0 unspecified atom stereocenters. The summed E-state index contributed by atoms with van der Waals surface area (Å²) in [4.78, 5) is 16.0. The quantitative estimate of drug-likeness (QED) is 0.706. The summed E-state index contributed by atoms with van der Waals surface area (Å²) in [7, 11) is 1.87. The number of amides is 1. The Morgan fingerprint density at radius 1 is 1.42 bits per heavy atom. The predicted molar refractivity (Wildman–Crippen MR) is 99.0 cm³/mol. The van der Waals surface area contributed by atoms with E-state index in [1.165, 1.54) is 0 Å². The molecule has 3 aromatic rings. The molecule has 7 nitrogen and oxygen atoms in total. The number of aromatic nitrogens is 4. The topological polar surface area (TPSA) is 65.2 Å². The van der Waals surface area contributed by atoms with Crippen LogP contribution in [0.5, 0.6) is 0 Å². The second-order valence-corrected chi connectivity index (χ2v) is 7.29. The van der Waals surface area contributed by atoms with Crippen LogP contribution in [-0.4, -0.2) is 56.2 Å². The van der Waals surface area contributed by atoms with Gasteiger partial charge in [-0.3, -0.25) is 14.2 Å². The molecule has 3 aromatic heterocycles. The van der Waals surface area contributed by atoms with Crippen molar-refractivity contribution in [3.63, 3.8) is 0 Å². The van der Waals surface area contributed by atoms with E-state index < -0.39 is 0 Å². The van der Waals surface area contributed by atoms with Crippen LogP contribution in [0.3, 0.4) is 0 Å². The van der Waals surface area contributed by atoms with E-state index in [0.29, 0.717) is 31.9 Å². The first kappa shape index (κ1) is 17.0. The van der Waals surface area contributed by atoms with Gasteiger partial charge in [-0.15, -0.1) is 11.3 Å². The van der Waals surface area contributed by atoms with E-state index in [-0.39, 0.29) is 12.0 Å². The molecule has 136 valence electrons. The van der Waals surface area contributed by atoms with Gasteiger partial charge < -0.3 is 9.64 Å². The van der Waals surface area contributed by atoms with E-state index in [1.54, 1.807) is 22.2 Å². The van der Waals surface area contributed by atoms with Crippen molar-refractivity contribution in [3.05, 3.63) is 47.7 Å². The lowest BCUT2D eigenvalue weighted by Crippen LogP contribution is -2.38. The molecule has 1 aliphatic heterocycles. The number of rotatable bonds is 4. The summed E-state index contributed by atoms with van der Waals surface area (Å²) < 4.78 is 9.52. The smallest absolute Gasteiger partial charge is 0.274 e. The average molecular weight is 371 g/mol. The molecule has 1 saturated heterocycles. The van der Waals surface area contributed by atoms with Crippen LogP contribution in [0.25, 0.3) is 10.6 Å². The lowest BCUT2D eigenvalue weighted by Gasteiger charge is -2.23. The van der Waals surface area contributed by atoms with Gasteiger partial charge in [-0.2, -0.15) is 10.2 Å². The molecule has 4 rings (SSSR count). The number of nitrogens with zero attached hydrogens (tertiary/aromatic N) is 5. The largest absolute Gasteiger partial charge is 0.374 e. The number of aryl methyl sites for hydroxylation is 1. The Morgan fingerprint density at radius 2 is 2.35 bits per heavy atom. The van der Waals surface area contributed by atoms with E-state index >= 15 is 0 Å². The molecular formula is C18H21N5O2S. The first-order chi connectivity index (χ1) is 12.7. The van der Waals surface area contributed by atoms with Gasteiger partial charge in [-0.25, -0.2) is 0 Å². The zero-order chi connectivity index (χ0) is 17.9. The number of ether oxygens (including phenoxy) is 1. The first-order valence-electron chi connectivity index (χ1n) is 8.67. The van der Waals surface area contributed by atoms with Crippen LogP contribution in [0.4, 0.5) is 0 Å². The van der Waals surface area contributed by atoms with Crippen LogP contribution in [0.15, 0.2) is 42.0 Å². The summed E-state index contributed by atoms with van der Waals surface area (Å²) in [6, 6.07) is 7.80. The predicted octanol–water partition coefficient (Wildman–Crippen LogP) is 2.28. The van der Waals surface area contributed by atoms with Gasteiger partial charge in [0.15, 0.2) is 5.69 Å². The van der Waals surface area contributed by atoms with Gasteiger partial charge in [0.2, 0.25) is 0 Å². The zero-order valence-corrected chi connectivity index (χ0v) is 15.4. The number of hydrogen-bond acceptors (Lipinski definition) is 5. The summed E-state index contributed by atoms with van der Waals surface area (Å²) in [6.45, 7) is 2.51. The Balaban J connectivity index is 1.50. The minimum Gasteiger partial charge on any atom is -0.374 e. The fraction of sp³-hybridized carbons (Fsp3) is 0.389. The Hall–Kier alpha value is -2.45. The summed E-state index contributed by atoms with van der Waals surface area (Å²) >= 11 is 1.64. The Labute approximate surface area is 155 Å². The molecule has 1 atom stereocenters. The Bertz CT molecular complexity index is 856. The van der Waals surface area contributed by atoms with Crippen LogP contribution < -0.4 is 0 Å². The Kier molecular flexibility index (Phi) is 4.85. The van der Waals surface area contributed by atoms with Crippen LogP contribution in [-0.2, 0) is 18.3 Å². The van der Waals surface area contributed by atoms with E-state index in [9.17, 15) is 4.79 Å². The van der Waals surface area contributed by atoms with Gasteiger partial charge in [-0.1, -0.05) is 6.07 Å². The third-order valence-corrected chi connectivity index (χ3v) is 5.35. The fourth-order valence-corrected chi connectivity index (χ4v) is 3.97. The van der Waals surface area contributed by atoms with Gasteiger partial charge in [0.25, 0.3) is 5.91 Å². The summed E-state index contributed by atoms with van der Waals surface area (Å²) in [5, 5.41) is 10.7. The molecule has 0 spiro atoms. The molecule has 0 N–H and O–H groups in total. The van der Waals surface area contributed by atoms with Gasteiger partial charge in [0.1, 0.15) is 0 Å². The molecular weight excluding hydrogens is 350 g/mol.